The minimum atomic E-state index is 1.11. The summed E-state index contributed by atoms with van der Waals surface area (Å²) >= 11 is 3.79. The van der Waals surface area contributed by atoms with E-state index in [1.165, 1.54) is 160 Å². The van der Waals surface area contributed by atoms with Gasteiger partial charge in [-0.25, -0.2) is 0 Å². The second-order valence-electron chi connectivity index (χ2n) is 35.0. The molecule has 0 amide bonds. The number of para-hydroxylation sites is 7. The fourth-order valence-corrected chi connectivity index (χ4v) is 23.7. The molecule has 4 aromatic heterocycles. The normalized spacial score (nSPS) is 11.7. The number of fused-ring (bicyclic) bond motifs is 23. The topological polar surface area (TPSA) is 22.8 Å². The van der Waals surface area contributed by atoms with Crippen molar-refractivity contribution in [2.45, 2.75) is 0 Å². The Hall–Kier alpha value is -17.4. The summed E-state index contributed by atoms with van der Waals surface area (Å²) in [6.45, 7) is 0. The summed E-state index contributed by atoms with van der Waals surface area (Å²) < 4.78 is 9.90. The van der Waals surface area contributed by atoms with E-state index in [0.29, 0.717) is 0 Å². The molecule has 0 aliphatic carbocycles. The van der Waals surface area contributed by atoms with Gasteiger partial charge in [0.15, 0.2) is 0 Å². The Kier molecular flexibility index (Phi) is 19.6. The molecule has 4 heterocycles. The van der Waals surface area contributed by atoms with E-state index in [1.807, 2.05) is 22.7 Å². The van der Waals surface area contributed by atoms with Crippen LogP contribution in [0.3, 0.4) is 0 Å². The molecule has 0 atom stereocenters. The molecule has 0 fully saturated rings. The average molecular weight is 1770 g/mol. The van der Waals surface area contributed by atoms with Gasteiger partial charge in [0.2, 0.25) is 0 Å². The van der Waals surface area contributed by atoms with E-state index in [2.05, 4.69) is 538 Å². The smallest absolute Gasteiger partial charge is 0.0542 e. The van der Waals surface area contributed by atoms with Gasteiger partial charge in [0, 0.05) is 152 Å². The van der Waals surface area contributed by atoms with Gasteiger partial charge in [-0.05, 0) is 248 Å². The summed E-state index contributed by atoms with van der Waals surface area (Å²) in [6.07, 6.45) is 0. The zero-order chi connectivity index (χ0) is 89.7. The van der Waals surface area contributed by atoms with Crippen LogP contribution >= 0.6 is 22.7 Å². The number of hydrogen-bond acceptors (Lipinski definition) is 6. The van der Waals surface area contributed by atoms with Gasteiger partial charge in [-0.3, -0.25) is 0 Å². The molecule has 0 saturated heterocycles. The number of thiophene rings is 2. The molecule has 0 unspecified atom stereocenters. The summed E-state index contributed by atoms with van der Waals surface area (Å²) in [6, 6.07) is 186. The molecule has 23 aromatic carbocycles. The Balaban J connectivity index is 0.000000143. The minimum Gasteiger partial charge on any atom is -0.310 e. The van der Waals surface area contributed by atoms with Crippen LogP contribution in [0, 0.1) is 0 Å². The summed E-state index contributed by atoms with van der Waals surface area (Å²) in [5, 5.41) is 22.6. The average Bonchev–Trinajstić information content (AvgIpc) is 1.50. The number of anilines is 12. The molecule has 0 bridgehead atoms. The Morgan fingerprint density at radius 3 is 0.860 bits per heavy atom. The Morgan fingerprint density at radius 1 is 0.154 bits per heavy atom. The van der Waals surface area contributed by atoms with Crippen molar-refractivity contribution in [3.63, 3.8) is 0 Å². The number of rotatable bonds is 16. The van der Waals surface area contributed by atoms with Crippen LogP contribution in [0.1, 0.15) is 0 Å². The first kappa shape index (κ1) is 79.5. The van der Waals surface area contributed by atoms with Gasteiger partial charge in [0.25, 0.3) is 0 Å². The third kappa shape index (κ3) is 13.7. The van der Waals surface area contributed by atoms with Crippen molar-refractivity contribution in [3.05, 3.63) is 510 Å². The summed E-state index contributed by atoms with van der Waals surface area (Å²) in [5.41, 5.74) is 25.3. The second-order valence-corrected chi connectivity index (χ2v) is 37.1. The lowest BCUT2D eigenvalue weighted by atomic mass is 9.96. The Labute approximate surface area is 794 Å². The molecule has 136 heavy (non-hydrogen) atoms. The fourth-order valence-electron chi connectivity index (χ4n) is 21.1. The zero-order valence-corrected chi connectivity index (χ0v) is 75.6. The molecule has 0 aliphatic heterocycles. The lowest BCUT2D eigenvalue weighted by Crippen LogP contribution is -2.10. The number of aromatic nitrogens is 2. The van der Waals surface area contributed by atoms with E-state index in [9.17, 15) is 0 Å². The lowest BCUT2D eigenvalue weighted by molar-refractivity contribution is 1.18. The van der Waals surface area contributed by atoms with Crippen molar-refractivity contribution in [3.8, 4) is 33.6 Å². The highest BCUT2D eigenvalue weighted by molar-refractivity contribution is 7.27. The number of nitrogens with zero attached hydrogens (tertiary/aromatic N) is 6. The molecule has 6 nitrogen and oxygen atoms in total. The third-order valence-corrected chi connectivity index (χ3v) is 29.6. The summed E-state index contributed by atoms with van der Waals surface area (Å²) in [4.78, 5) is 9.63. The van der Waals surface area contributed by atoms with Crippen molar-refractivity contribution in [1.82, 2.24) is 9.13 Å². The Morgan fingerprint density at radius 2 is 0.434 bits per heavy atom. The SMILES string of the molecule is c1ccc(-c2ccc(N(c3ccc(-c4ccccc4)cc3)c3ccc4c(c3)c3ccccc3c3c5ccc(N(c6ccccc6)c6cccc7ccccc67)cc5sc43)cc2)cc1.c1ccc(N(c2ccc3c(c2)sc2c4ccc(N(c5ccccc5)c5ccc6c(c5)c5ccccc5n6-c5ccccc5)cc4c4ccccc4c32)c2ccc3c(c2)c2ccccc2n3-c2ccccc2)cc1. The van der Waals surface area contributed by atoms with Gasteiger partial charge in [-0.1, -0.05) is 322 Å². The number of benzene rings is 23. The molecule has 27 rings (SSSR count). The van der Waals surface area contributed by atoms with Gasteiger partial charge in [-0.2, -0.15) is 0 Å². The van der Waals surface area contributed by atoms with Gasteiger partial charge in [-0.15, -0.1) is 22.7 Å². The van der Waals surface area contributed by atoms with Crippen molar-refractivity contribution in [2.24, 2.45) is 0 Å². The zero-order valence-electron chi connectivity index (χ0n) is 74.0. The highest BCUT2D eigenvalue weighted by Crippen LogP contribution is 2.53. The predicted octanol–water partition coefficient (Wildman–Crippen LogP) is 37.3. The van der Waals surface area contributed by atoms with E-state index >= 15 is 0 Å². The highest BCUT2D eigenvalue weighted by atomic mass is 32.1. The monoisotopic (exact) mass is 1770 g/mol. The largest absolute Gasteiger partial charge is 0.310 e. The van der Waals surface area contributed by atoms with Crippen molar-refractivity contribution < 1.29 is 0 Å². The fraction of sp³-hybridized carbons (Fsp3) is 0. The summed E-state index contributed by atoms with van der Waals surface area (Å²) in [5.74, 6) is 0. The van der Waals surface area contributed by atoms with Crippen LogP contribution in [-0.2, 0) is 0 Å². The number of hydrogen-bond donors (Lipinski definition) is 0. The molecule has 638 valence electrons. The standard InChI is InChI=1S/C68H44N4S.C60H40N2S/c1-5-19-45(20-6-1)69(50-35-39-64-60(42-50)54-28-15-17-31-62(54)71(64)47-23-9-3-10-24-47)49-33-37-57-59(41-49)53-27-13-14-30-56(53)67-58-38-34-52(44-66(58)73-68(57)67)70(46-21-7-2-8-22-46)51-36-40-65-61(43-51)55-29-16-18-32-63(55)72(65)48-25-11-4-12-26-48;1-4-15-41(16-5-1)43-27-31-47(32-28-43)61(48-33-29-44(30-34-48)42-17-6-2-7-18-42)49-35-37-54-56(39-49)52-24-12-13-25-53(52)59-55-38-36-50(40-58(55)63-60(54)59)62(46-21-8-3-9-22-46)57-26-14-20-45-19-10-11-23-51(45)57/h1-44H;1-40H. The highest BCUT2D eigenvalue weighted by Gasteiger charge is 2.27. The lowest BCUT2D eigenvalue weighted by Gasteiger charge is -2.27. The van der Waals surface area contributed by atoms with E-state index in [0.717, 1.165) is 79.6 Å². The molecule has 0 spiro atoms. The minimum absolute atomic E-state index is 1.11. The van der Waals surface area contributed by atoms with Crippen molar-refractivity contribution in [1.29, 1.82) is 0 Å². The Bertz CT molecular complexity index is 9200. The van der Waals surface area contributed by atoms with Crippen LogP contribution in [0.15, 0.2) is 510 Å². The maximum Gasteiger partial charge on any atom is 0.0542 e. The van der Waals surface area contributed by atoms with Crippen LogP contribution in [0.2, 0.25) is 0 Å². The maximum atomic E-state index is 2.42. The first-order valence-electron chi connectivity index (χ1n) is 46.4. The van der Waals surface area contributed by atoms with E-state index < -0.39 is 0 Å². The first-order chi connectivity index (χ1) is 67.5. The van der Waals surface area contributed by atoms with E-state index in [-0.39, 0.29) is 0 Å². The van der Waals surface area contributed by atoms with Crippen LogP contribution in [0.4, 0.5) is 68.2 Å². The van der Waals surface area contributed by atoms with Crippen molar-refractivity contribution >= 4 is 229 Å². The van der Waals surface area contributed by atoms with Gasteiger partial charge in [0.1, 0.15) is 0 Å². The predicted molar refractivity (Wildman–Crippen MR) is 584 cm³/mol. The van der Waals surface area contributed by atoms with Gasteiger partial charge < -0.3 is 28.7 Å². The molecule has 0 radical (unpaired) electrons. The molecule has 27 aromatic rings. The third-order valence-electron chi connectivity index (χ3n) is 27.2. The molecule has 0 aliphatic rings. The molecule has 8 heteroatoms. The maximum absolute atomic E-state index is 2.42. The molecule has 0 saturated carbocycles. The summed E-state index contributed by atoms with van der Waals surface area (Å²) in [7, 11) is 0. The van der Waals surface area contributed by atoms with Crippen molar-refractivity contribution in [2.75, 3.05) is 19.6 Å². The quantitative estimate of drug-likeness (QED) is 0.0900. The molecule has 0 N–H and O–H groups in total. The van der Waals surface area contributed by atoms with Gasteiger partial charge >= 0.3 is 0 Å². The first-order valence-corrected chi connectivity index (χ1v) is 48.1. The second kappa shape index (κ2) is 33.5. The molecular formula is C128H84N6S2. The molecular weight excluding hydrogens is 1690 g/mol. The van der Waals surface area contributed by atoms with Crippen LogP contribution in [0.5, 0.6) is 0 Å². The van der Waals surface area contributed by atoms with E-state index in [1.54, 1.807) is 0 Å². The van der Waals surface area contributed by atoms with Crippen LogP contribution < -0.4 is 19.6 Å². The van der Waals surface area contributed by atoms with Crippen LogP contribution in [0.25, 0.3) is 171 Å². The van der Waals surface area contributed by atoms with Crippen LogP contribution in [-0.4, -0.2) is 9.13 Å². The van der Waals surface area contributed by atoms with Gasteiger partial charge in [0.05, 0.1) is 27.8 Å². The van der Waals surface area contributed by atoms with E-state index in [4.69, 9.17) is 0 Å².